The van der Waals surface area contributed by atoms with Gasteiger partial charge in [-0.15, -0.1) is 11.6 Å². The molecule has 0 aliphatic rings. The second-order valence-corrected chi connectivity index (χ2v) is 3.59. The van der Waals surface area contributed by atoms with Gasteiger partial charge in [-0.05, 0) is 30.2 Å². The number of hydrogen-bond acceptors (Lipinski definition) is 3. The van der Waals surface area contributed by atoms with Crippen LogP contribution < -0.4 is 0 Å². The minimum atomic E-state index is -0.560. The second kappa shape index (κ2) is 6.21. The van der Waals surface area contributed by atoms with Crippen LogP contribution in [0, 0.1) is 17.1 Å². The van der Waals surface area contributed by atoms with Crippen molar-refractivity contribution in [2.45, 2.75) is 19.2 Å². The summed E-state index contributed by atoms with van der Waals surface area (Å²) in [5.41, 5.74) is 1.03. The molecule has 0 radical (unpaired) electrons. The van der Waals surface area contributed by atoms with Gasteiger partial charge in [0.1, 0.15) is 5.82 Å². The summed E-state index contributed by atoms with van der Waals surface area (Å²) >= 11 is 5.70. The summed E-state index contributed by atoms with van der Waals surface area (Å²) in [7, 11) is 0. The maximum Gasteiger partial charge on any atom is 0.310 e. The number of hydrogen-bond donors (Lipinski definition) is 0. The molecule has 0 fully saturated rings. The van der Waals surface area contributed by atoms with Crippen molar-refractivity contribution in [1.82, 2.24) is 0 Å². The predicted octanol–water partition coefficient (Wildman–Crippen LogP) is 2.54. The Balaban J connectivity index is 3.10. The normalized spacial score (nSPS) is 9.76. The van der Waals surface area contributed by atoms with Gasteiger partial charge >= 0.3 is 5.97 Å². The number of nitriles is 1. The lowest BCUT2D eigenvalue weighted by Crippen LogP contribution is -2.10. The zero-order valence-electron chi connectivity index (χ0n) is 9.30. The zero-order valence-corrected chi connectivity index (χ0v) is 10.1. The van der Waals surface area contributed by atoms with E-state index in [4.69, 9.17) is 21.6 Å². The number of rotatable bonds is 4. The molecule has 0 saturated carbocycles. The van der Waals surface area contributed by atoms with Crippen molar-refractivity contribution in [3.05, 3.63) is 34.6 Å². The number of ether oxygens (including phenoxy) is 1. The minimum absolute atomic E-state index is 0.0535. The molecule has 0 atom stereocenters. The Kier molecular flexibility index (Phi) is 4.92. The van der Waals surface area contributed by atoms with Crippen LogP contribution in [0.5, 0.6) is 0 Å². The largest absolute Gasteiger partial charge is 0.466 e. The first-order valence-electron chi connectivity index (χ1n) is 5.05. The summed E-state index contributed by atoms with van der Waals surface area (Å²) in [6.45, 7) is 1.95. The van der Waals surface area contributed by atoms with Gasteiger partial charge in [-0.1, -0.05) is 0 Å². The molecule has 0 amide bonds. The molecular formula is C12H11ClFNO2. The highest BCUT2D eigenvalue weighted by atomic mass is 35.5. The Hall–Kier alpha value is -1.60. The van der Waals surface area contributed by atoms with E-state index in [2.05, 4.69) is 0 Å². The Morgan fingerprint density at radius 2 is 2.29 bits per heavy atom. The molecule has 0 aromatic heterocycles. The molecule has 0 bridgehead atoms. The monoisotopic (exact) mass is 255 g/mol. The standard InChI is InChI=1S/C12H11ClFNO2/c1-2-17-12(16)5-8-3-10(14)4-9(7-15)11(8)6-13/h3-4H,2,5-6H2,1H3. The third kappa shape index (κ3) is 3.43. The molecule has 90 valence electrons. The van der Waals surface area contributed by atoms with Crippen molar-refractivity contribution in [3.63, 3.8) is 0 Å². The van der Waals surface area contributed by atoms with Crippen LogP contribution in [0.15, 0.2) is 12.1 Å². The van der Waals surface area contributed by atoms with Crippen LogP contribution in [0.4, 0.5) is 4.39 Å². The van der Waals surface area contributed by atoms with Crippen LogP contribution in [-0.2, 0) is 21.8 Å². The topological polar surface area (TPSA) is 50.1 Å². The summed E-state index contributed by atoms with van der Waals surface area (Å²) in [6.07, 6.45) is -0.0810. The number of nitrogens with zero attached hydrogens (tertiary/aromatic N) is 1. The molecule has 5 heteroatoms. The van der Waals surface area contributed by atoms with Crippen LogP contribution >= 0.6 is 11.6 Å². The van der Waals surface area contributed by atoms with Crippen LogP contribution in [0.25, 0.3) is 0 Å². The molecule has 17 heavy (non-hydrogen) atoms. The van der Waals surface area contributed by atoms with Gasteiger partial charge in [0.05, 0.1) is 24.7 Å². The van der Waals surface area contributed by atoms with E-state index in [0.717, 1.165) is 6.07 Å². The molecule has 0 saturated heterocycles. The third-order valence-electron chi connectivity index (χ3n) is 2.20. The van der Waals surface area contributed by atoms with E-state index in [1.54, 1.807) is 6.92 Å². The molecule has 0 spiro atoms. The van der Waals surface area contributed by atoms with Gasteiger partial charge in [-0.3, -0.25) is 4.79 Å². The van der Waals surface area contributed by atoms with Crippen LogP contribution in [0.3, 0.4) is 0 Å². The maximum absolute atomic E-state index is 13.2. The Morgan fingerprint density at radius 3 is 2.82 bits per heavy atom. The molecule has 0 aliphatic heterocycles. The fourth-order valence-electron chi connectivity index (χ4n) is 1.48. The summed E-state index contributed by atoms with van der Waals surface area (Å²) in [4.78, 5) is 11.3. The molecule has 1 aromatic rings. The quantitative estimate of drug-likeness (QED) is 0.614. The van der Waals surface area contributed by atoms with Crippen molar-refractivity contribution in [3.8, 4) is 6.07 Å². The van der Waals surface area contributed by atoms with Crippen LogP contribution in [0.1, 0.15) is 23.6 Å². The van der Waals surface area contributed by atoms with Crippen molar-refractivity contribution in [2.24, 2.45) is 0 Å². The van der Waals surface area contributed by atoms with Gasteiger partial charge in [0, 0.05) is 5.88 Å². The van der Waals surface area contributed by atoms with Crippen molar-refractivity contribution in [1.29, 1.82) is 5.26 Å². The Morgan fingerprint density at radius 1 is 1.59 bits per heavy atom. The number of benzene rings is 1. The number of esters is 1. The molecule has 0 aliphatic carbocycles. The molecular weight excluding hydrogens is 245 g/mol. The lowest BCUT2D eigenvalue weighted by Gasteiger charge is -2.08. The molecule has 1 aromatic carbocycles. The highest BCUT2D eigenvalue weighted by Crippen LogP contribution is 2.20. The van der Waals surface area contributed by atoms with Crippen molar-refractivity contribution < 1.29 is 13.9 Å². The van der Waals surface area contributed by atoms with Crippen molar-refractivity contribution in [2.75, 3.05) is 6.61 Å². The van der Waals surface area contributed by atoms with Crippen LogP contribution in [-0.4, -0.2) is 12.6 Å². The van der Waals surface area contributed by atoms with E-state index in [0.29, 0.717) is 11.1 Å². The van der Waals surface area contributed by atoms with Gasteiger partial charge in [0.2, 0.25) is 0 Å². The lowest BCUT2D eigenvalue weighted by molar-refractivity contribution is -0.142. The van der Waals surface area contributed by atoms with E-state index in [-0.39, 0.29) is 24.5 Å². The van der Waals surface area contributed by atoms with Crippen molar-refractivity contribution >= 4 is 17.6 Å². The number of carbonyl (C=O) groups is 1. The van der Waals surface area contributed by atoms with Gasteiger partial charge in [0.25, 0.3) is 0 Å². The van der Waals surface area contributed by atoms with E-state index in [1.165, 1.54) is 6.07 Å². The fourth-order valence-corrected chi connectivity index (χ4v) is 1.79. The summed E-state index contributed by atoms with van der Waals surface area (Å²) in [5.74, 6) is -0.971. The molecule has 0 heterocycles. The SMILES string of the molecule is CCOC(=O)Cc1cc(F)cc(C#N)c1CCl. The lowest BCUT2D eigenvalue weighted by atomic mass is 10.0. The first kappa shape index (κ1) is 13.5. The van der Waals surface area contributed by atoms with E-state index in [1.807, 2.05) is 6.07 Å². The highest BCUT2D eigenvalue weighted by molar-refractivity contribution is 6.17. The average molecular weight is 256 g/mol. The zero-order chi connectivity index (χ0) is 12.8. The molecule has 3 nitrogen and oxygen atoms in total. The van der Waals surface area contributed by atoms with Gasteiger partial charge in [-0.2, -0.15) is 5.26 Å². The van der Waals surface area contributed by atoms with Gasteiger partial charge < -0.3 is 4.74 Å². The number of halogens is 2. The maximum atomic E-state index is 13.2. The molecule has 1 rings (SSSR count). The first-order chi connectivity index (χ1) is 8.12. The molecule has 0 N–H and O–H groups in total. The third-order valence-corrected chi connectivity index (χ3v) is 2.47. The first-order valence-corrected chi connectivity index (χ1v) is 5.58. The Labute approximate surface area is 104 Å². The minimum Gasteiger partial charge on any atom is -0.466 e. The summed E-state index contributed by atoms with van der Waals surface area (Å²) in [6, 6.07) is 4.16. The van der Waals surface area contributed by atoms with Gasteiger partial charge in [0.15, 0.2) is 0 Å². The fraction of sp³-hybridized carbons (Fsp3) is 0.333. The van der Waals surface area contributed by atoms with E-state index in [9.17, 15) is 9.18 Å². The van der Waals surface area contributed by atoms with Gasteiger partial charge in [-0.25, -0.2) is 4.39 Å². The number of carbonyl (C=O) groups excluding carboxylic acids is 1. The molecule has 0 unspecified atom stereocenters. The van der Waals surface area contributed by atoms with Crippen LogP contribution in [0.2, 0.25) is 0 Å². The Bertz CT molecular complexity index is 468. The van der Waals surface area contributed by atoms with E-state index < -0.39 is 11.8 Å². The summed E-state index contributed by atoms with van der Waals surface area (Å²) < 4.78 is 18.0. The smallest absolute Gasteiger partial charge is 0.310 e. The highest BCUT2D eigenvalue weighted by Gasteiger charge is 2.14. The van der Waals surface area contributed by atoms with E-state index >= 15 is 0 Å². The number of alkyl halides is 1. The predicted molar refractivity (Wildman–Crippen MR) is 61.0 cm³/mol. The average Bonchev–Trinajstić information content (AvgIpc) is 2.28. The second-order valence-electron chi connectivity index (χ2n) is 3.32. The summed E-state index contributed by atoms with van der Waals surface area (Å²) in [5, 5.41) is 8.84.